The van der Waals surface area contributed by atoms with Crippen LogP contribution in [0.15, 0.2) is 41.3 Å². The number of carbonyl (C=O) groups is 1. The highest BCUT2D eigenvalue weighted by Crippen LogP contribution is 2.32. The predicted molar refractivity (Wildman–Crippen MR) is 113 cm³/mol. The quantitative estimate of drug-likeness (QED) is 0.507. The van der Waals surface area contributed by atoms with Crippen molar-refractivity contribution >= 4 is 44.9 Å². The third kappa shape index (κ3) is 4.99. The topological polar surface area (TPSA) is 63.7 Å². The second-order valence-electron chi connectivity index (χ2n) is 6.23. The maximum atomic E-state index is 13.4. The average molecular weight is 444 g/mol. The SMILES string of the molecule is CCCCN(c1ccc(C(=O)OCC)cc1)S(=O)(=O)c1cc(C)c(Cl)cc1Cl. The van der Waals surface area contributed by atoms with Crippen LogP contribution in [0.25, 0.3) is 0 Å². The van der Waals surface area contributed by atoms with Crippen LogP contribution in [0.1, 0.15) is 42.6 Å². The fraction of sp³-hybridized carbons (Fsp3) is 0.350. The van der Waals surface area contributed by atoms with Crippen molar-refractivity contribution in [2.45, 2.75) is 38.5 Å². The molecule has 2 aromatic carbocycles. The van der Waals surface area contributed by atoms with Crippen molar-refractivity contribution in [1.29, 1.82) is 0 Å². The molecule has 0 bridgehead atoms. The summed E-state index contributed by atoms with van der Waals surface area (Å²) < 4.78 is 33.0. The molecule has 0 N–H and O–H groups in total. The van der Waals surface area contributed by atoms with E-state index in [1.165, 1.54) is 16.4 Å². The van der Waals surface area contributed by atoms with Crippen LogP contribution in [0.4, 0.5) is 5.69 Å². The average Bonchev–Trinajstić information content (AvgIpc) is 2.65. The Labute approximate surface area is 176 Å². The minimum atomic E-state index is -3.91. The zero-order chi connectivity index (χ0) is 20.9. The molecule has 0 spiro atoms. The third-order valence-corrected chi connectivity index (χ3v) is 6.86. The standard InChI is InChI=1S/C20H23Cl2NO4S/c1-4-6-11-23(16-9-7-15(8-10-16)20(24)27-5-2)28(25,26)19-12-14(3)17(21)13-18(19)22/h7-10,12-13H,4-6,11H2,1-3H3. The fourth-order valence-corrected chi connectivity index (χ4v) is 4.93. The molecule has 8 heteroatoms. The summed E-state index contributed by atoms with van der Waals surface area (Å²) in [6.07, 6.45) is 1.49. The van der Waals surface area contributed by atoms with E-state index in [1.807, 2.05) is 6.92 Å². The molecule has 28 heavy (non-hydrogen) atoms. The van der Waals surface area contributed by atoms with E-state index >= 15 is 0 Å². The summed E-state index contributed by atoms with van der Waals surface area (Å²) >= 11 is 12.3. The lowest BCUT2D eigenvalue weighted by atomic mass is 10.2. The number of benzene rings is 2. The van der Waals surface area contributed by atoms with Gasteiger partial charge in [0, 0.05) is 11.6 Å². The van der Waals surface area contributed by atoms with E-state index < -0.39 is 16.0 Å². The monoisotopic (exact) mass is 443 g/mol. The van der Waals surface area contributed by atoms with Crippen molar-refractivity contribution in [3.8, 4) is 0 Å². The van der Waals surface area contributed by atoms with Crippen LogP contribution in [0.2, 0.25) is 10.0 Å². The van der Waals surface area contributed by atoms with Crippen LogP contribution in [0.5, 0.6) is 0 Å². The molecule has 0 aliphatic carbocycles. The first-order valence-electron chi connectivity index (χ1n) is 8.98. The number of nitrogens with zero attached hydrogens (tertiary/aromatic N) is 1. The summed E-state index contributed by atoms with van der Waals surface area (Å²) in [6.45, 7) is 5.99. The van der Waals surface area contributed by atoms with Crippen LogP contribution in [-0.4, -0.2) is 27.5 Å². The van der Waals surface area contributed by atoms with Crippen LogP contribution in [-0.2, 0) is 14.8 Å². The number of unbranched alkanes of at least 4 members (excludes halogenated alkanes) is 1. The molecule has 2 aromatic rings. The van der Waals surface area contributed by atoms with Crippen molar-refractivity contribution in [3.05, 3.63) is 57.6 Å². The third-order valence-electron chi connectivity index (χ3n) is 4.16. The Morgan fingerprint density at radius 2 is 1.71 bits per heavy atom. The minimum absolute atomic E-state index is 0.00152. The van der Waals surface area contributed by atoms with Gasteiger partial charge < -0.3 is 4.74 Å². The first-order chi connectivity index (χ1) is 13.2. The van der Waals surface area contributed by atoms with Crippen molar-refractivity contribution in [2.75, 3.05) is 17.5 Å². The molecule has 0 radical (unpaired) electrons. The van der Waals surface area contributed by atoms with Crippen molar-refractivity contribution < 1.29 is 17.9 Å². The van der Waals surface area contributed by atoms with E-state index in [4.69, 9.17) is 27.9 Å². The molecule has 0 unspecified atom stereocenters. The van der Waals surface area contributed by atoms with Gasteiger partial charge in [-0.15, -0.1) is 0 Å². The Bertz CT molecular complexity index is 943. The number of aryl methyl sites for hydroxylation is 1. The normalized spacial score (nSPS) is 11.3. The highest BCUT2D eigenvalue weighted by atomic mass is 35.5. The summed E-state index contributed by atoms with van der Waals surface area (Å²) in [5.74, 6) is -0.451. The van der Waals surface area contributed by atoms with Gasteiger partial charge in [-0.05, 0) is 62.2 Å². The summed E-state index contributed by atoms with van der Waals surface area (Å²) in [6, 6.07) is 9.21. The van der Waals surface area contributed by atoms with Crippen molar-refractivity contribution in [2.24, 2.45) is 0 Å². The maximum Gasteiger partial charge on any atom is 0.338 e. The molecule has 5 nitrogen and oxygen atoms in total. The number of hydrogen-bond acceptors (Lipinski definition) is 4. The number of rotatable bonds is 8. The van der Waals surface area contributed by atoms with E-state index in [1.54, 1.807) is 38.1 Å². The smallest absolute Gasteiger partial charge is 0.338 e. The Balaban J connectivity index is 2.48. The van der Waals surface area contributed by atoms with Gasteiger partial charge in [-0.25, -0.2) is 13.2 Å². The first kappa shape index (κ1) is 22.5. The Morgan fingerprint density at radius 1 is 1.07 bits per heavy atom. The number of halogens is 2. The zero-order valence-electron chi connectivity index (χ0n) is 16.0. The number of sulfonamides is 1. The van der Waals surface area contributed by atoms with Gasteiger partial charge in [-0.2, -0.15) is 0 Å². The molecule has 0 aliphatic rings. The largest absolute Gasteiger partial charge is 0.462 e. The van der Waals surface area contributed by atoms with Gasteiger partial charge in [-0.1, -0.05) is 36.5 Å². The molecule has 0 aliphatic heterocycles. The highest BCUT2D eigenvalue weighted by Gasteiger charge is 2.28. The van der Waals surface area contributed by atoms with Gasteiger partial charge in [-0.3, -0.25) is 4.31 Å². The van der Waals surface area contributed by atoms with E-state index in [9.17, 15) is 13.2 Å². The number of hydrogen-bond donors (Lipinski definition) is 0. The van der Waals surface area contributed by atoms with Gasteiger partial charge in [0.25, 0.3) is 10.0 Å². The van der Waals surface area contributed by atoms with Crippen LogP contribution in [0, 0.1) is 6.92 Å². The van der Waals surface area contributed by atoms with Crippen LogP contribution in [0.3, 0.4) is 0 Å². The summed E-state index contributed by atoms with van der Waals surface area (Å²) in [5.41, 5.74) is 1.43. The molecule has 0 amide bonds. The Morgan fingerprint density at radius 3 is 2.29 bits per heavy atom. The lowest BCUT2D eigenvalue weighted by Crippen LogP contribution is -2.32. The molecule has 0 fully saturated rings. The van der Waals surface area contributed by atoms with Gasteiger partial charge in [0.1, 0.15) is 4.90 Å². The van der Waals surface area contributed by atoms with Crippen molar-refractivity contribution in [3.63, 3.8) is 0 Å². The molecule has 0 saturated heterocycles. The van der Waals surface area contributed by atoms with Gasteiger partial charge in [0.05, 0.1) is 22.9 Å². The molecule has 152 valence electrons. The van der Waals surface area contributed by atoms with E-state index in [0.29, 0.717) is 28.3 Å². The Kier molecular flexibility index (Phi) is 7.75. The lowest BCUT2D eigenvalue weighted by molar-refractivity contribution is 0.0526. The minimum Gasteiger partial charge on any atom is -0.462 e. The summed E-state index contributed by atoms with van der Waals surface area (Å²) in [7, 11) is -3.91. The van der Waals surface area contributed by atoms with Crippen LogP contribution >= 0.6 is 23.2 Å². The maximum absolute atomic E-state index is 13.4. The van der Waals surface area contributed by atoms with Gasteiger partial charge in [0.15, 0.2) is 0 Å². The lowest BCUT2D eigenvalue weighted by Gasteiger charge is -2.25. The first-order valence-corrected chi connectivity index (χ1v) is 11.2. The summed E-state index contributed by atoms with van der Waals surface area (Å²) in [4.78, 5) is 11.8. The van der Waals surface area contributed by atoms with E-state index in [-0.39, 0.29) is 23.1 Å². The predicted octanol–water partition coefficient (Wildman–Crippen LogP) is 5.47. The molecule has 2 rings (SSSR count). The number of carbonyl (C=O) groups excluding carboxylic acids is 1. The Hall–Kier alpha value is -1.76. The molecule has 0 aromatic heterocycles. The second kappa shape index (κ2) is 9.63. The van der Waals surface area contributed by atoms with Crippen LogP contribution < -0.4 is 4.31 Å². The molecular weight excluding hydrogens is 421 g/mol. The highest BCUT2D eigenvalue weighted by molar-refractivity contribution is 7.93. The van der Waals surface area contributed by atoms with E-state index in [0.717, 1.165) is 6.42 Å². The second-order valence-corrected chi connectivity index (χ2v) is 8.88. The fourth-order valence-electron chi connectivity index (χ4n) is 2.62. The molecule has 0 heterocycles. The number of ether oxygens (including phenoxy) is 1. The van der Waals surface area contributed by atoms with Crippen molar-refractivity contribution in [1.82, 2.24) is 0 Å². The number of anilines is 1. The van der Waals surface area contributed by atoms with E-state index in [2.05, 4.69) is 0 Å². The number of esters is 1. The zero-order valence-corrected chi connectivity index (χ0v) is 18.4. The summed E-state index contributed by atoms with van der Waals surface area (Å²) in [5, 5.41) is 0.475. The van der Waals surface area contributed by atoms with Gasteiger partial charge in [0.2, 0.25) is 0 Å². The van der Waals surface area contributed by atoms with Gasteiger partial charge >= 0.3 is 5.97 Å². The molecular formula is C20H23Cl2NO4S. The molecule has 0 atom stereocenters. The molecule has 0 saturated carbocycles.